The molecule has 1 N–H and O–H groups in total. The summed E-state index contributed by atoms with van der Waals surface area (Å²) in [6.45, 7) is 2.94. The number of aromatic nitrogens is 2. The van der Waals surface area contributed by atoms with Gasteiger partial charge in [0.05, 0.1) is 33.3 Å². The maximum absolute atomic E-state index is 15.4. The molecule has 1 fully saturated rings. The summed E-state index contributed by atoms with van der Waals surface area (Å²) in [7, 11) is 3.16. The van der Waals surface area contributed by atoms with Gasteiger partial charge in [0.1, 0.15) is 5.75 Å². The summed E-state index contributed by atoms with van der Waals surface area (Å²) >= 11 is 1.28. The van der Waals surface area contributed by atoms with Gasteiger partial charge in [-0.1, -0.05) is 0 Å². The van der Waals surface area contributed by atoms with Crippen LogP contribution in [0.1, 0.15) is 28.2 Å². The number of nitrogens with zero attached hydrogens (tertiary/aromatic N) is 3. The van der Waals surface area contributed by atoms with Crippen LogP contribution in [0, 0.1) is 12.7 Å². The van der Waals surface area contributed by atoms with Crippen molar-refractivity contribution in [1.82, 2.24) is 19.8 Å². The van der Waals surface area contributed by atoms with Gasteiger partial charge in [-0.3, -0.25) is 14.3 Å². The van der Waals surface area contributed by atoms with Crippen molar-refractivity contribution < 1.29 is 23.5 Å². The standard InChI is InChI=1S/C25H25FN4O4S/c1-14-11-16-18(30(14)25(32)27-2)6-7-19(22(16)26)34-20-8-9-28-17-12-21(35-23(17)20)24(31)29-10-4-5-15(29)13-33-3/h6-9,11-12,15H,4-5,10,13H2,1-3H3,(H,27,32). The highest BCUT2D eigenvalue weighted by molar-refractivity contribution is 7.21. The van der Waals surface area contributed by atoms with Crippen molar-refractivity contribution in [3.63, 3.8) is 0 Å². The number of rotatable bonds is 5. The highest BCUT2D eigenvalue weighted by atomic mass is 32.1. The number of carbonyl (C=O) groups is 2. The van der Waals surface area contributed by atoms with Gasteiger partial charge in [-0.2, -0.15) is 0 Å². The highest BCUT2D eigenvalue weighted by Crippen LogP contribution is 2.38. The number of hydrogen-bond acceptors (Lipinski definition) is 6. The molecule has 10 heteroatoms. The van der Waals surface area contributed by atoms with Crippen LogP contribution in [0.15, 0.2) is 36.5 Å². The van der Waals surface area contributed by atoms with Crippen LogP contribution in [0.3, 0.4) is 0 Å². The van der Waals surface area contributed by atoms with E-state index in [1.54, 1.807) is 44.5 Å². The van der Waals surface area contributed by atoms with Gasteiger partial charge in [-0.25, -0.2) is 9.18 Å². The molecule has 1 aliphatic heterocycles. The van der Waals surface area contributed by atoms with Gasteiger partial charge in [-0.15, -0.1) is 11.3 Å². The molecule has 3 aromatic heterocycles. The maximum Gasteiger partial charge on any atom is 0.325 e. The topological polar surface area (TPSA) is 85.7 Å². The van der Waals surface area contributed by atoms with E-state index in [2.05, 4.69) is 10.3 Å². The van der Waals surface area contributed by atoms with E-state index in [1.807, 2.05) is 4.90 Å². The van der Waals surface area contributed by atoms with Crippen LogP contribution in [0.5, 0.6) is 11.5 Å². The second-order valence-corrected chi connectivity index (χ2v) is 9.53. The number of carbonyl (C=O) groups excluding carboxylic acids is 2. The fourth-order valence-corrected chi connectivity index (χ4v) is 5.67. The summed E-state index contributed by atoms with van der Waals surface area (Å²) in [5.41, 5.74) is 1.67. The quantitative estimate of drug-likeness (QED) is 0.424. The van der Waals surface area contributed by atoms with E-state index in [-0.39, 0.29) is 29.1 Å². The van der Waals surface area contributed by atoms with E-state index < -0.39 is 5.82 Å². The van der Waals surface area contributed by atoms with E-state index in [9.17, 15) is 9.59 Å². The monoisotopic (exact) mass is 496 g/mol. The summed E-state index contributed by atoms with van der Waals surface area (Å²) in [4.78, 5) is 32.2. The van der Waals surface area contributed by atoms with Crippen LogP contribution in [0.4, 0.5) is 9.18 Å². The van der Waals surface area contributed by atoms with Crippen molar-refractivity contribution >= 4 is 44.4 Å². The summed E-state index contributed by atoms with van der Waals surface area (Å²) in [5.74, 6) is -0.183. The molecule has 2 amide bonds. The smallest absolute Gasteiger partial charge is 0.325 e. The summed E-state index contributed by atoms with van der Waals surface area (Å²) < 4.78 is 28.8. The van der Waals surface area contributed by atoms with Gasteiger partial charge < -0.3 is 19.7 Å². The number of thiophene rings is 1. The predicted molar refractivity (Wildman–Crippen MR) is 132 cm³/mol. The van der Waals surface area contributed by atoms with Gasteiger partial charge in [-0.05, 0) is 44.0 Å². The van der Waals surface area contributed by atoms with Crippen molar-refractivity contribution in [3.8, 4) is 11.5 Å². The SMILES string of the molecule is CNC(=O)n1c(C)cc2c(F)c(Oc3ccnc4cc(C(=O)N5CCCC5COC)sc34)ccc21. The molecular formula is C25H25FN4O4S. The number of likely N-dealkylation sites (tertiary alicyclic amines) is 1. The fraction of sp³-hybridized carbons (Fsp3) is 0.320. The van der Waals surface area contributed by atoms with Gasteiger partial charge >= 0.3 is 6.03 Å². The van der Waals surface area contributed by atoms with Crippen molar-refractivity contribution in [3.05, 3.63) is 52.9 Å². The summed E-state index contributed by atoms with van der Waals surface area (Å²) in [6.07, 6.45) is 3.44. The molecule has 0 spiro atoms. The largest absolute Gasteiger partial charge is 0.453 e. The molecule has 182 valence electrons. The molecule has 1 aliphatic rings. The van der Waals surface area contributed by atoms with Crippen molar-refractivity contribution in [1.29, 1.82) is 0 Å². The molecule has 0 radical (unpaired) electrons. The average Bonchev–Trinajstić information content (AvgIpc) is 3.57. The van der Waals surface area contributed by atoms with E-state index in [1.165, 1.54) is 29.0 Å². The molecule has 4 heterocycles. The lowest BCUT2D eigenvalue weighted by atomic mass is 10.2. The minimum Gasteiger partial charge on any atom is -0.453 e. The molecule has 0 aliphatic carbocycles. The predicted octanol–water partition coefficient (Wildman–Crippen LogP) is 4.93. The van der Waals surface area contributed by atoms with Gasteiger partial charge in [0, 0.05) is 44.0 Å². The summed E-state index contributed by atoms with van der Waals surface area (Å²) in [5, 5.41) is 2.85. The maximum atomic E-state index is 15.4. The second-order valence-electron chi connectivity index (χ2n) is 8.47. The second kappa shape index (κ2) is 9.27. The molecule has 8 nitrogen and oxygen atoms in total. The third-order valence-corrected chi connectivity index (χ3v) is 7.42. The van der Waals surface area contributed by atoms with E-state index in [0.29, 0.717) is 45.2 Å². The lowest BCUT2D eigenvalue weighted by Crippen LogP contribution is -2.37. The number of fused-ring (bicyclic) bond motifs is 2. The molecule has 0 saturated carbocycles. The minimum atomic E-state index is -0.564. The first-order valence-electron chi connectivity index (χ1n) is 11.3. The van der Waals surface area contributed by atoms with Gasteiger partial charge in [0.2, 0.25) is 0 Å². The van der Waals surface area contributed by atoms with E-state index in [4.69, 9.17) is 9.47 Å². The zero-order chi connectivity index (χ0) is 24.7. The van der Waals surface area contributed by atoms with Gasteiger partial charge in [0.15, 0.2) is 11.6 Å². The molecular weight excluding hydrogens is 471 g/mol. The lowest BCUT2D eigenvalue weighted by molar-refractivity contribution is 0.0635. The van der Waals surface area contributed by atoms with E-state index >= 15 is 4.39 Å². The average molecular weight is 497 g/mol. The van der Waals surface area contributed by atoms with Gasteiger partial charge in [0.25, 0.3) is 5.91 Å². The zero-order valence-corrected chi connectivity index (χ0v) is 20.4. The fourth-order valence-electron chi connectivity index (χ4n) is 4.65. The van der Waals surface area contributed by atoms with Crippen LogP contribution in [-0.2, 0) is 4.74 Å². The van der Waals surface area contributed by atoms with Crippen LogP contribution < -0.4 is 10.1 Å². The molecule has 1 saturated heterocycles. The minimum absolute atomic E-state index is 0.0278. The molecule has 1 aromatic carbocycles. The molecule has 1 unspecified atom stereocenters. The highest BCUT2D eigenvalue weighted by Gasteiger charge is 2.30. The molecule has 4 aromatic rings. The third kappa shape index (κ3) is 4.02. The number of amides is 2. The Labute approximate surface area is 205 Å². The number of aryl methyl sites for hydroxylation is 1. The number of ether oxygens (including phenoxy) is 2. The molecule has 0 bridgehead atoms. The van der Waals surface area contributed by atoms with E-state index in [0.717, 1.165) is 12.8 Å². The first-order valence-corrected chi connectivity index (χ1v) is 12.1. The Balaban J connectivity index is 1.48. The normalized spacial score (nSPS) is 15.8. The number of pyridine rings is 1. The Morgan fingerprint density at radius 2 is 2.09 bits per heavy atom. The van der Waals surface area contributed by atoms with Crippen molar-refractivity contribution in [2.24, 2.45) is 0 Å². The van der Waals surface area contributed by atoms with Crippen LogP contribution >= 0.6 is 11.3 Å². The first kappa shape index (κ1) is 23.3. The molecule has 5 rings (SSSR count). The molecule has 1 atom stereocenters. The number of hydrogen-bond donors (Lipinski definition) is 1. The summed E-state index contributed by atoms with van der Waals surface area (Å²) in [6, 6.07) is 7.90. The van der Waals surface area contributed by atoms with Crippen LogP contribution in [0.25, 0.3) is 21.1 Å². The van der Waals surface area contributed by atoms with Crippen molar-refractivity contribution in [2.75, 3.05) is 27.3 Å². The Bertz CT molecular complexity index is 1450. The molecule has 35 heavy (non-hydrogen) atoms. The zero-order valence-electron chi connectivity index (χ0n) is 19.6. The lowest BCUT2D eigenvalue weighted by Gasteiger charge is -2.23. The first-order chi connectivity index (χ1) is 16.9. The number of nitrogens with one attached hydrogen (secondary N) is 1. The third-order valence-electron chi connectivity index (χ3n) is 6.29. The van der Waals surface area contributed by atoms with Crippen molar-refractivity contribution in [2.45, 2.75) is 25.8 Å². The Morgan fingerprint density at radius 1 is 1.26 bits per heavy atom. The number of benzene rings is 1. The Kier molecular flexibility index (Phi) is 6.16. The Morgan fingerprint density at radius 3 is 2.86 bits per heavy atom. The van der Waals surface area contributed by atoms with Crippen LogP contribution in [-0.4, -0.2) is 59.7 Å². The number of methoxy groups -OCH3 is 1. The Hall–Kier alpha value is -3.50. The van der Waals surface area contributed by atoms with Crippen LogP contribution in [0.2, 0.25) is 0 Å². The number of halogens is 1.